The summed E-state index contributed by atoms with van der Waals surface area (Å²) in [5.41, 5.74) is 2.82. The first-order valence-corrected chi connectivity index (χ1v) is 9.02. The highest BCUT2D eigenvalue weighted by Gasteiger charge is 2.21. The number of benzene rings is 1. The molecule has 2 aromatic rings. The van der Waals surface area contributed by atoms with Gasteiger partial charge in [0.1, 0.15) is 0 Å². The normalized spacial score (nSPS) is 15.9. The molecule has 26 heavy (non-hydrogen) atoms. The summed E-state index contributed by atoms with van der Waals surface area (Å²) < 4.78 is 5.16. The van der Waals surface area contributed by atoms with E-state index < -0.39 is 5.97 Å². The van der Waals surface area contributed by atoms with E-state index in [-0.39, 0.29) is 5.56 Å². The number of carbonyl (C=O) groups is 1. The van der Waals surface area contributed by atoms with E-state index in [2.05, 4.69) is 14.9 Å². The van der Waals surface area contributed by atoms with Crippen LogP contribution < -0.4 is 0 Å². The summed E-state index contributed by atoms with van der Waals surface area (Å²) in [7, 11) is 1.74. The van der Waals surface area contributed by atoms with Crippen molar-refractivity contribution in [2.75, 3.05) is 33.4 Å². The van der Waals surface area contributed by atoms with Crippen LogP contribution in [0, 0.1) is 5.92 Å². The molecule has 0 saturated carbocycles. The van der Waals surface area contributed by atoms with Crippen molar-refractivity contribution in [3.8, 4) is 11.3 Å². The minimum absolute atomic E-state index is 0.269. The van der Waals surface area contributed by atoms with Gasteiger partial charge in [0.05, 0.1) is 23.6 Å². The molecule has 1 aliphatic rings. The second kappa shape index (κ2) is 8.87. The summed E-state index contributed by atoms with van der Waals surface area (Å²) in [4.78, 5) is 22.7. The van der Waals surface area contributed by atoms with Gasteiger partial charge in [0.25, 0.3) is 0 Å². The van der Waals surface area contributed by atoms with Gasteiger partial charge in [0.2, 0.25) is 0 Å². The Morgan fingerprint density at radius 2 is 2.04 bits per heavy atom. The number of aromatic carboxylic acids is 1. The predicted molar refractivity (Wildman–Crippen MR) is 99.2 cm³/mol. The molecule has 138 valence electrons. The fourth-order valence-corrected chi connectivity index (χ4v) is 3.46. The average molecular weight is 355 g/mol. The maximum atomic E-state index is 11.2. The van der Waals surface area contributed by atoms with E-state index in [9.17, 15) is 9.90 Å². The van der Waals surface area contributed by atoms with E-state index >= 15 is 0 Å². The summed E-state index contributed by atoms with van der Waals surface area (Å²) >= 11 is 0. The first-order chi connectivity index (χ1) is 12.7. The average Bonchev–Trinajstić information content (AvgIpc) is 2.68. The SMILES string of the molecule is COCCN1CCC(Cc2nccnc2-c2cccc(C(=O)O)c2)CC1. The number of aromatic nitrogens is 2. The lowest BCUT2D eigenvalue weighted by Crippen LogP contribution is -2.36. The third-order valence-corrected chi connectivity index (χ3v) is 4.96. The summed E-state index contributed by atoms with van der Waals surface area (Å²) in [6, 6.07) is 6.92. The van der Waals surface area contributed by atoms with Crippen molar-refractivity contribution in [3.05, 3.63) is 47.9 Å². The van der Waals surface area contributed by atoms with Crippen molar-refractivity contribution in [2.24, 2.45) is 5.92 Å². The number of piperidine rings is 1. The Morgan fingerprint density at radius 1 is 1.27 bits per heavy atom. The van der Waals surface area contributed by atoms with E-state index in [1.54, 1.807) is 37.7 Å². The molecule has 0 amide bonds. The molecule has 0 bridgehead atoms. The minimum Gasteiger partial charge on any atom is -0.478 e. The second-order valence-corrected chi connectivity index (χ2v) is 6.72. The molecule has 0 aliphatic carbocycles. The molecule has 0 radical (unpaired) electrons. The monoisotopic (exact) mass is 355 g/mol. The molecule has 3 rings (SSSR count). The lowest BCUT2D eigenvalue weighted by atomic mass is 9.90. The maximum absolute atomic E-state index is 11.2. The van der Waals surface area contributed by atoms with Gasteiger partial charge >= 0.3 is 5.97 Å². The lowest BCUT2D eigenvalue weighted by Gasteiger charge is -2.31. The quantitative estimate of drug-likeness (QED) is 0.823. The number of carboxylic acid groups (broad SMARTS) is 1. The largest absolute Gasteiger partial charge is 0.478 e. The molecule has 1 aromatic heterocycles. The van der Waals surface area contributed by atoms with Crippen LogP contribution in [0.4, 0.5) is 0 Å². The van der Waals surface area contributed by atoms with Crippen LogP contribution >= 0.6 is 0 Å². The van der Waals surface area contributed by atoms with E-state index in [0.29, 0.717) is 5.92 Å². The Kier molecular flexibility index (Phi) is 6.30. The first-order valence-electron chi connectivity index (χ1n) is 9.02. The molecule has 0 unspecified atom stereocenters. The molecule has 0 atom stereocenters. The number of rotatable bonds is 7. The Hall–Kier alpha value is -2.31. The molecule has 1 N–H and O–H groups in total. The third-order valence-electron chi connectivity index (χ3n) is 4.96. The van der Waals surface area contributed by atoms with Crippen molar-refractivity contribution in [3.63, 3.8) is 0 Å². The standard InChI is InChI=1S/C20H25N3O3/c1-26-12-11-23-9-5-15(6-10-23)13-18-19(22-8-7-21-18)16-3-2-4-17(14-16)20(24)25/h2-4,7-8,14-15H,5-6,9-13H2,1H3,(H,24,25). The van der Waals surface area contributed by atoms with Gasteiger partial charge in [-0.3, -0.25) is 9.97 Å². The Bertz CT molecular complexity index is 743. The van der Waals surface area contributed by atoms with Crippen molar-refractivity contribution >= 4 is 5.97 Å². The minimum atomic E-state index is -0.930. The Labute approximate surface area is 153 Å². The van der Waals surface area contributed by atoms with Gasteiger partial charge in [-0.15, -0.1) is 0 Å². The molecule has 6 heteroatoms. The lowest BCUT2D eigenvalue weighted by molar-refractivity contribution is 0.0697. The van der Waals surface area contributed by atoms with Gasteiger partial charge in [-0.2, -0.15) is 0 Å². The first kappa shape index (κ1) is 18.5. The fourth-order valence-electron chi connectivity index (χ4n) is 3.46. The third kappa shape index (κ3) is 4.65. The van der Waals surface area contributed by atoms with Crippen molar-refractivity contribution in [1.29, 1.82) is 0 Å². The number of nitrogens with zero attached hydrogens (tertiary/aromatic N) is 3. The number of likely N-dealkylation sites (tertiary alicyclic amines) is 1. The number of hydrogen-bond donors (Lipinski definition) is 1. The fraction of sp³-hybridized carbons (Fsp3) is 0.450. The summed E-state index contributed by atoms with van der Waals surface area (Å²) in [5, 5.41) is 9.22. The van der Waals surface area contributed by atoms with Crippen LogP contribution in [0.3, 0.4) is 0 Å². The Balaban J connectivity index is 1.71. The number of ether oxygens (including phenoxy) is 1. The molecule has 0 spiro atoms. The molecule has 2 heterocycles. The van der Waals surface area contributed by atoms with Crippen molar-refractivity contribution in [1.82, 2.24) is 14.9 Å². The number of methoxy groups -OCH3 is 1. The zero-order valence-corrected chi connectivity index (χ0v) is 15.1. The summed E-state index contributed by atoms with van der Waals surface area (Å²) in [6.45, 7) is 3.93. The molecule has 1 saturated heterocycles. The molecule has 1 aromatic carbocycles. The van der Waals surface area contributed by atoms with Crippen LogP contribution in [0.1, 0.15) is 28.9 Å². The van der Waals surface area contributed by atoms with Crippen LogP contribution in [-0.4, -0.2) is 59.3 Å². The maximum Gasteiger partial charge on any atom is 0.335 e. The zero-order chi connectivity index (χ0) is 18.4. The zero-order valence-electron chi connectivity index (χ0n) is 15.1. The molecular formula is C20H25N3O3. The second-order valence-electron chi connectivity index (χ2n) is 6.72. The van der Waals surface area contributed by atoms with Gasteiger partial charge in [-0.25, -0.2) is 4.79 Å². The predicted octanol–water partition coefficient (Wildman–Crippen LogP) is 2.74. The Morgan fingerprint density at radius 3 is 2.77 bits per heavy atom. The topological polar surface area (TPSA) is 75.5 Å². The van der Waals surface area contributed by atoms with Gasteiger partial charge in [-0.05, 0) is 50.4 Å². The van der Waals surface area contributed by atoms with Crippen molar-refractivity contribution < 1.29 is 14.6 Å². The molecular weight excluding hydrogens is 330 g/mol. The van der Waals surface area contributed by atoms with Crippen LogP contribution in [0.2, 0.25) is 0 Å². The van der Waals surface area contributed by atoms with Crippen LogP contribution in [-0.2, 0) is 11.2 Å². The highest BCUT2D eigenvalue weighted by atomic mass is 16.5. The smallest absolute Gasteiger partial charge is 0.335 e. The van der Waals surface area contributed by atoms with Gasteiger partial charge in [-0.1, -0.05) is 12.1 Å². The van der Waals surface area contributed by atoms with E-state index in [0.717, 1.165) is 62.5 Å². The molecule has 1 fully saturated rings. The van der Waals surface area contributed by atoms with Crippen LogP contribution in [0.15, 0.2) is 36.7 Å². The van der Waals surface area contributed by atoms with Crippen LogP contribution in [0.25, 0.3) is 11.3 Å². The van der Waals surface area contributed by atoms with E-state index in [1.165, 1.54) is 0 Å². The number of hydrogen-bond acceptors (Lipinski definition) is 5. The number of carboxylic acids is 1. The van der Waals surface area contributed by atoms with Gasteiger partial charge in [0.15, 0.2) is 0 Å². The highest BCUT2D eigenvalue weighted by Crippen LogP contribution is 2.26. The van der Waals surface area contributed by atoms with Crippen molar-refractivity contribution in [2.45, 2.75) is 19.3 Å². The van der Waals surface area contributed by atoms with E-state index in [4.69, 9.17) is 4.74 Å². The highest BCUT2D eigenvalue weighted by molar-refractivity contribution is 5.89. The van der Waals surface area contributed by atoms with Gasteiger partial charge < -0.3 is 14.7 Å². The molecule has 1 aliphatic heterocycles. The van der Waals surface area contributed by atoms with Gasteiger partial charge in [0, 0.05) is 31.6 Å². The summed E-state index contributed by atoms with van der Waals surface area (Å²) in [6.07, 6.45) is 6.52. The summed E-state index contributed by atoms with van der Waals surface area (Å²) in [5.74, 6) is -0.354. The molecule has 6 nitrogen and oxygen atoms in total. The van der Waals surface area contributed by atoms with E-state index in [1.807, 2.05) is 6.07 Å². The van der Waals surface area contributed by atoms with Crippen LogP contribution in [0.5, 0.6) is 0 Å².